The van der Waals surface area contributed by atoms with E-state index in [0.717, 1.165) is 28.2 Å². The molecule has 51 heavy (non-hydrogen) atoms. The lowest BCUT2D eigenvalue weighted by molar-refractivity contribution is -0.161. The van der Waals surface area contributed by atoms with Gasteiger partial charge in [0.1, 0.15) is 11.7 Å². The van der Waals surface area contributed by atoms with E-state index in [4.69, 9.17) is 15.3 Å². The molecule has 0 spiro atoms. The number of nitrogens with one attached hydrogen (secondary N) is 3. The molecule has 3 aromatic rings. The number of aliphatic carboxylic acids is 1. The molecule has 2 saturated heterocycles. The Morgan fingerprint density at radius 3 is 2.53 bits per heavy atom. The molecular weight excluding hydrogens is 722 g/mol. The molecule has 0 radical (unpaired) electrons. The number of hydrogen-bond acceptors (Lipinski definition) is 17. The van der Waals surface area contributed by atoms with Gasteiger partial charge in [-0.2, -0.15) is 8.42 Å². The monoisotopic (exact) mass is 753 g/mol. The fraction of sp³-hybridized carbons (Fsp3) is 0.423. The van der Waals surface area contributed by atoms with E-state index in [2.05, 4.69) is 25.5 Å². The van der Waals surface area contributed by atoms with Gasteiger partial charge in [0.05, 0.1) is 25.5 Å². The molecular formula is C26H31N11O12S2. The zero-order valence-electron chi connectivity index (χ0n) is 26.8. The van der Waals surface area contributed by atoms with Gasteiger partial charge in [-0.3, -0.25) is 28.8 Å². The van der Waals surface area contributed by atoms with Crippen LogP contribution in [0.4, 0.5) is 9.93 Å². The second-order valence-electron chi connectivity index (χ2n) is 11.5. The van der Waals surface area contributed by atoms with Crippen LogP contribution in [0, 0.1) is 0 Å². The first-order valence-corrected chi connectivity index (χ1v) is 17.1. The van der Waals surface area contributed by atoms with Crippen molar-refractivity contribution in [1.29, 1.82) is 0 Å². The van der Waals surface area contributed by atoms with Gasteiger partial charge >= 0.3 is 27.9 Å². The first-order chi connectivity index (χ1) is 24.0. The second-order valence-corrected chi connectivity index (χ2v) is 13.8. The van der Waals surface area contributed by atoms with Crippen molar-refractivity contribution in [3.63, 3.8) is 0 Å². The predicted octanol–water partition coefficient (Wildman–Crippen LogP) is -3.11. The van der Waals surface area contributed by atoms with Gasteiger partial charge in [-0.1, -0.05) is 9.24 Å². The van der Waals surface area contributed by atoms with Crippen LogP contribution in [0.15, 0.2) is 32.4 Å². The smallest absolute Gasteiger partial charge is 0.362 e. The van der Waals surface area contributed by atoms with Gasteiger partial charge in [0, 0.05) is 43.8 Å². The van der Waals surface area contributed by atoms with E-state index >= 15 is 0 Å². The number of ether oxygens (including phenoxy) is 1. The second kappa shape index (κ2) is 14.3. The molecule has 25 heteroatoms. The summed E-state index contributed by atoms with van der Waals surface area (Å²) in [5.41, 5.74) is 0.962. The van der Waals surface area contributed by atoms with Gasteiger partial charge < -0.3 is 35.8 Å². The molecule has 2 aliphatic heterocycles. The fourth-order valence-electron chi connectivity index (χ4n) is 4.54. The number of oxime groups is 1. The molecule has 7 N–H and O–H groups in total. The van der Waals surface area contributed by atoms with Crippen LogP contribution in [0.3, 0.4) is 0 Å². The van der Waals surface area contributed by atoms with E-state index in [1.54, 1.807) is 4.72 Å². The number of carboxylic acid groups (broad SMARTS) is 1. The minimum Gasteiger partial charge on any atom is -0.503 e. The summed E-state index contributed by atoms with van der Waals surface area (Å²) in [5, 5.41) is 30.0. The van der Waals surface area contributed by atoms with Crippen molar-refractivity contribution < 1.29 is 47.4 Å². The van der Waals surface area contributed by atoms with Gasteiger partial charge in [-0.25, -0.2) is 24.1 Å². The van der Waals surface area contributed by atoms with Crippen LogP contribution >= 0.6 is 11.3 Å². The Balaban J connectivity index is 1.31. The summed E-state index contributed by atoms with van der Waals surface area (Å²) in [4.78, 5) is 89.6. The molecule has 23 nitrogen and oxygen atoms in total. The maximum absolute atomic E-state index is 13.4. The number of morpholine rings is 1. The number of aromatic hydroxyl groups is 1. The fourth-order valence-corrected chi connectivity index (χ4v) is 6.00. The zero-order valence-corrected chi connectivity index (χ0v) is 28.4. The molecule has 0 bridgehead atoms. The number of pyridine rings is 1. The topological polar surface area (TPSA) is 316 Å². The van der Waals surface area contributed by atoms with Crippen LogP contribution in [0.1, 0.15) is 19.5 Å². The minimum absolute atomic E-state index is 0.0187. The van der Waals surface area contributed by atoms with E-state index in [9.17, 15) is 47.4 Å². The number of carbonyl (C=O) groups excluding carboxylic acids is 3. The molecule has 0 aliphatic carbocycles. The molecule has 4 amide bonds. The maximum atomic E-state index is 13.4. The number of nitrogens with two attached hydrogens (primary N) is 1. The van der Waals surface area contributed by atoms with Crippen LogP contribution in [0.2, 0.25) is 0 Å². The number of anilines is 1. The third-order valence-corrected chi connectivity index (χ3v) is 9.30. The third-order valence-electron chi connectivity index (χ3n) is 7.50. The Bertz CT molecular complexity index is 2130. The van der Waals surface area contributed by atoms with Crippen molar-refractivity contribution in [3.05, 3.63) is 44.0 Å². The first kappa shape index (κ1) is 36.6. The zero-order chi connectivity index (χ0) is 37.2. The highest BCUT2D eigenvalue weighted by molar-refractivity contribution is 7.88. The van der Waals surface area contributed by atoms with Crippen molar-refractivity contribution in [2.45, 2.75) is 32.0 Å². The van der Waals surface area contributed by atoms with Crippen LogP contribution in [0.25, 0.3) is 11.5 Å². The highest BCUT2D eigenvalue weighted by Gasteiger charge is 2.44. The summed E-state index contributed by atoms with van der Waals surface area (Å²) in [6.45, 7) is 3.95. The summed E-state index contributed by atoms with van der Waals surface area (Å²) in [5.74, 6) is -4.45. The molecule has 0 unspecified atom stereocenters. The molecule has 2 fully saturated rings. The number of β-lactam (4-membered cyclic amide) rings is 1. The van der Waals surface area contributed by atoms with Gasteiger partial charge in [0.25, 0.3) is 11.8 Å². The molecule has 5 rings (SSSR count). The number of hydrogen-bond donors (Lipinski definition) is 6. The number of H-pyrrole nitrogens is 1. The number of nitrogens with zero attached hydrogens (tertiary/aromatic N) is 7. The lowest BCUT2D eigenvalue weighted by atomic mass is 10.1. The Labute approximate surface area is 290 Å². The summed E-state index contributed by atoms with van der Waals surface area (Å²) in [6.07, 6.45) is 0.930. The summed E-state index contributed by atoms with van der Waals surface area (Å²) >= 11 is 0.935. The van der Waals surface area contributed by atoms with Crippen molar-refractivity contribution in [2.24, 2.45) is 5.16 Å². The predicted molar refractivity (Wildman–Crippen MR) is 174 cm³/mol. The number of likely N-dealkylation sites (tertiary alicyclic amines) is 1. The normalized spacial score (nSPS) is 17.1. The highest BCUT2D eigenvalue weighted by Crippen LogP contribution is 2.18. The summed E-state index contributed by atoms with van der Waals surface area (Å²) in [6, 6.07) is -1.93. The van der Waals surface area contributed by atoms with Gasteiger partial charge in [0.2, 0.25) is 11.0 Å². The summed E-state index contributed by atoms with van der Waals surface area (Å²) in [7, 11) is -5.11. The molecule has 1 atom stereocenters. The average molecular weight is 754 g/mol. The van der Waals surface area contributed by atoms with Crippen molar-refractivity contribution in [1.82, 2.24) is 43.6 Å². The van der Waals surface area contributed by atoms with E-state index in [1.807, 2.05) is 4.90 Å². The lowest BCUT2D eigenvalue weighted by Gasteiger charge is -2.36. The van der Waals surface area contributed by atoms with Crippen LogP contribution in [-0.2, 0) is 40.7 Å². The van der Waals surface area contributed by atoms with E-state index in [-0.39, 0.29) is 39.5 Å². The summed E-state index contributed by atoms with van der Waals surface area (Å²) < 4.78 is 34.4. The number of carbonyl (C=O) groups is 4. The minimum atomic E-state index is -5.11. The number of aromatic nitrogens is 5. The van der Waals surface area contributed by atoms with Crippen molar-refractivity contribution in [3.8, 4) is 17.3 Å². The van der Waals surface area contributed by atoms with E-state index in [1.165, 1.54) is 19.2 Å². The largest absolute Gasteiger partial charge is 0.503 e. The van der Waals surface area contributed by atoms with Gasteiger partial charge in [-0.15, -0.1) is 16.4 Å². The third kappa shape index (κ3) is 7.89. The van der Waals surface area contributed by atoms with Crippen LogP contribution < -0.4 is 26.9 Å². The van der Waals surface area contributed by atoms with E-state index in [0.29, 0.717) is 31.2 Å². The number of urea groups is 1. The van der Waals surface area contributed by atoms with Gasteiger partial charge in [0.15, 0.2) is 22.4 Å². The number of rotatable bonds is 12. The number of aromatic amines is 1. The van der Waals surface area contributed by atoms with Crippen molar-refractivity contribution in [2.75, 3.05) is 45.1 Å². The van der Waals surface area contributed by atoms with Gasteiger partial charge in [-0.05, 0) is 13.8 Å². The maximum Gasteiger partial charge on any atom is 0.362 e. The highest BCUT2D eigenvalue weighted by atomic mass is 32.2. The number of carboxylic acids is 1. The average Bonchev–Trinajstić information content (AvgIpc) is 3.65. The standard InChI is InChI=1S/C26H31N11O12S2/c1-26(2,22(42)43)49-32-18(15-12-50-23(27)30-15)20(40)29-14-11-36(21(14)41)24(44)33-51(46,47)37-25(45)35(4-3-34-5-7-48-8-6-34)19(31-37)13-9-16(38)17(39)10-28-13/h9-10,12,14,39H,3-8,11H2,1-2H3,(H2,27,30)(H,28,38)(H,29,40)(H,33,44)(H,42,43)/b32-18-/t14-/m0/s1. The van der Waals surface area contributed by atoms with Crippen LogP contribution in [0.5, 0.6) is 5.75 Å². The molecule has 2 aliphatic rings. The first-order valence-electron chi connectivity index (χ1n) is 14.8. The molecule has 274 valence electrons. The van der Waals surface area contributed by atoms with Crippen LogP contribution in [-0.4, -0.2) is 133 Å². The Hall–Kier alpha value is -5.66. The number of imide groups is 1. The Morgan fingerprint density at radius 1 is 1.22 bits per heavy atom. The molecule has 3 aromatic heterocycles. The molecule has 0 aromatic carbocycles. The molecule has 5 heterocycles. The molecule has 0 saturated carbocycles. The van der Waals surface area contributed by atoms with Crippen molar-refractivity contribution >= 4 is 56.2 Å². The SMILES string of the molecule is CC(C)(O/N=C(\C(=O)N[C@H]1CN(C(=O)NS(=O)(=O)n2nc(-c3cc(=O)c(O)c[nH]3)n(CCN3CCOCC3)c2=O)C1=O)c1csc(N)n1)C(=O)O. The number of nitrogen functional groups attached to an aromatic ring is 1. The quantitative estimate of drug-likeness (QED) is 0.0606. The number of thiazole rings is 1. The Morgan fingerprint density at radius 2 is 1.92 bits per heavy atom. The van der Waals surface area contributed by atoms with E-state index < -0.39 is 74.8 Å². The number of amides is 4. The Kier molecular flexibility index (Phi) is 10.3. The lowest BCUT2D eigenvalue weighted by Crippen LogP contribution is -2.68.